The topological polar surface area (TPSA) is 94.9 Å². The number of pyridine rings is 1. The molecule has 6 nitrogen and oxygen atoms in total. The highest BCUT2D eigenvalue weighted by Crippen LogP contribution is 2.34. The first-order chi connectivity index (χ1) is 12.4. The molecule has 1 saturated carbocycles. The highest BCUT2D eigenvalue weighted by Gasteiger charge is 2.43. The van der Waals surface area contributed by atoms with Gasteiger partial charge < -0.3 is 10.6 Å². The molecule has 2 amide bonds. The molecule has 1 aromatic heterocycles. The molecule has 1 aliphatic carbocycles. The van der Waals surface area contributed by atoms with Crippen LogP contribution in [0.5, 0.6) is 0 Å². The third kappa shape index (κ3) is 3.78. The molecule has 0 saturated heterocycles. The SMILES string of the molecule is N#Cc1cc(F)c(C(=O)Nc2ccnc(NC(=O)[C@H]3C[C@H]3F)c2)c(Cl)c1. The van der Waals surface area contributed by atoms with Gasteiger partial charge in [0.2, 0.25) is 5.91 Å². The van der Waals surface area contributed by atoms with Crippen molar-refractivity contribution in [2.24, 2.45) is 5.92 Å². The van der Waals surface area contributed by atoms with E-state index < -0.39 is 35.3 Å². The summed E-state index contributed by atoms with van der Waals surface area (Å²) >= 11 is 5.87. The lowest BCUT2D eigenvalue weighted by atomic mass is 10.1. The molecular formula is C17H11ClF2N4O2. The van der Waals surface area contributed by atoms with Gasteiger partial charge in [0.25, 0.3) is 5.91 Å². The number of aromatic nitrogens is 1. The highest BCUT2D eigenvalue weighted by atomic mass is 35.5. The zero-order chi connectivity index (χ0) is 18.8. The molecule has 3 rings (SSSR count). The van der Waals surface area contributed by atoms with Crippen molar-refractivity contribution in [3.05, 3.63) is 52.4 Å². The summed E-state index contributed by atoms with van der Waals surface area (Å²) in [5.41, 5.74) is -0.191. The number of nitrogens with zero attached hydrogens (tertiary/aromatic N) is 2. The number of alkyl halides is 1. The number of rotatable bonds is 4. The Hall–Kier alpha value is -3.05. The van der Waals surface area contributed by atoms with Crippen molar-refractivity contribution in [1.82, 2.24) is 4.98 Å². The van der Waals surface area contributed by atoms with Gasteiger partial charge in [0.15, 0.2) is 0 Å². The lowest BCUT2D eigenvalue weighted by Crippen LogP contribution is -2.17. The molecule has 1 heterocycles. The van der Waals surface area contributed by atoms with Gasteiger partial charge in [0.1, 0.15) is 17.8 Å². The normalized spacial score (nSPS) is 17.9. The van der Waals surface area contributed by atoms with Crippen LogP contribution in [0.4, 0.5) is 20.3 Å². The van der Waals surface area contributed by atoms with Crippen LogP contribution in [0.1, 0.15) is 22.3 Å². The molecule has 0 radical (unpaired) electrons. The summed E-state index contributed by atoms with van der Waals surface area (Å²) in [4.78, 5) is 27.9. The van der Waals surface area contributed by atoms with Crippen molar-refractivity contribution in [3.63, 3.8) is 0 Å². The molecule has 0 unspecified atom stereocenters. The van der Waals surface area contributed by atoms with E-state index in [2.05, 4.69) is 15.6 Å². The average molecular weight is 377 g/mol. The standard InChI is InChI=1S/C17H11ClF2N4O2/c18-11-3-8(7-21)4-13(20)15(11)17(26)23-9-1-2-22-14(5-9)24-16(25)10-6-12(10)19/h1-5,10,12H,6H2,(H2,22,23,24,25,26)/t10-,12+/m0/s1. The van der Waals surface area contributed by atoms with Crippen LogP contribution in [0.2, 0.25) is 5.02 Å². The summed E-state index contributed by atoms with van der Waals surface area (Å²) < 4.78 is 26.9. The first-order valence-electron chi connectivity index (χ1n) is 7.50. The first-order valence-corrected chi connectivity index (χ1v) is 7.88. The number of carbonyl (C=O) groups is 2. The Labute approximate surface area is 151 Å². The Kier molecular flexibility index (Phi) is 4.82. The Morgan fingerprint density at radius 2 is 2.04 bits per heavy atom. The van der Waals surface area contributed by atoms with E-state index >= 15 is 0 Å². The molecule has 132 valence electrons. The van der Waals surface area contributed by atoms with E-state index in [4.69, 9.17) is 16.9 Å². The van der Waals surface area contributed by atoms with Gasteiger partial charge in [-0.2, -0.15) is 5.26 Å². The second-order valence-corrected chi connectivity index (χ2v) is 6.07. The number of hydrogen-bond acceptors (Lipinski definition) is 4. The number of halogens is 3. The van der Waals surface area contributed by atoms with Gasteiger partial charge in [-0.3, -0.25) is 9.59 Å². The van der Waals surface area contributed by atoms with Crippen LogP contribution >= 0.6 is 11.6 Å². The zero-order valence-electron chi connectivity index (χ0n) is 13.1. The molecule has 9 heteroatoms. The summed E-state index contributed by atoms with van der Waals surface area (Å²) in [5.74, 6) is -2.81. The van der Waals surface area contributed by atoms with E-state index in [1.165, 1.54) is 24.4 Å². The fourth-order valence-corrected chi connectivity index (χ4v) is 2.57. The van der Waals surface area contributed by atoms with Crippen molar-refractivity contribution in [3.8, 4) is 6.07 Å². The van der Waals surface area contributed by atoms with Crippen molar-refractivity contribution < 1.29 is 18.4 Å². The van der Waals surface area contributed by atoms with Gasteiger partial charge >= 0.3 is 0 Å². The van der Waals surface area contributed by atoms with Crippen LogP contribution in [-0.4, -0.2) is 23.0 Å². The minimum Gasteiger partial charge on any atom is -0.322 e. The Balaban J connectivity index is 1.75. The number of carbonyl (C=O) groups excluding carboxylic acids is 2. The molecule has 2 N–H and O–H groups in total. The second-order valence-electron chi connectivity index (χ2n) is 5.66. The summed E-state index contributed by atoms with van der Waals surface area (Å²) in [5, 5.41) is 13.4. The zero-order valence-corrected chi connectivity index (χ0v) is 13.8. The molecule has 0 spiro atoms. The predicted molar refractivity (Wildman–Crippen MR) is 89.9 cm³/mol. The maximum Gasteiger partial charge on any atom is 0.260 e. The van der Waals surface area contributed by atoms with E-state index in [1.54, 1.807) is 6.07 Å². The van der Waals surface area contributed by atoms with Crippen LogP contribution < -0.4 is 10.6 Å². The average Bonchev–Trinajstić information content (AvgIpc) is 3.31. The molecule has 26 heavy (non-hydrogen) atoms. The minimum absolute atomic E-state index is 0.01000. The summed E-state index contributed by atoms with van der Waals surface area (Å²) in [6.07, 6.45) is 0.361. The van der Waals surface area contributed by atoms with Crippen LogP contribution in [0, 0.1) is 23.1 Å². The van der Waals surface area contributed by atoms with E-state index in [-0.39, 0.29) is 28.5 Å². The first kappa shape index (κ1) is 17.8. The largest absolute Gasteiger partial charge is 0.322 e. The predicted octanol–water partition coefficient (Wildman–Crippen LogP) is 3.29. The second kappa shape index (κ2) is 7.06. The molecule has 2 atom stereocenters. The number of amides is 2. The molecule has 1 fully saturated rings. The molecule has 2 aromatic rings. The van der Waals surface area contributed by atoms with Crippen molar-refractivity contribution in [2.75, 3.05) is 10.6 Å². The van der Waals surface area contributed by atoms with E-state index in [0.717, 1.165) is 6.07 Å². The monoisotopic (exact) mass is 376 g/mol. The van der Waals surface area contributed by atoms with Crippen molar-refractivity contribution in [1.29, 1.82) is 5.26 Å². The maximum atomic E-state index is 14.0. The number of nitrogens with one attached hydrogen (secondary N) is 2. The van der Waals surface area contributed by atoms with E-state index in [1.807, 2.05) is 0 Å². The Morgan fingerprint density at radius 1 is 1.31 bits per heavy atom. The fourth-order valence-electron chi connectivity index (χ4n) is 2.28. The lowest BCUT2D eigenvalue weighted by molar-refractivity contribution is -0.117. The molecule has 0 bridgehead atoms. The maximum absolute atomic E-state index is 14.0. The quantitative estimate of drug-likeness (QED) is 0.855. The smallest absolute Gasteiger partial charge is 0.260 e. The summed E-state index contributed by atoms with van der Waals surface area (Å²) in [7, 11) is 0. The van der Waals surface area contributed by atoms with Gasteiger partial charge in [0, 0.05) is 18.0 Å². The van der Waals surface area contributed by atoms with Crippen LogP contribution in [-0.2, 0) is 4.79 Å². The van der Waals surface area contributed by atoms with Crippen LogP contribution in [0.15, 0.2) is 30.5 Å². The van der Waals surface area contributed by atoms with E-state index in [9.17, 15) is 18.4 Å². The molecule has 1 aromatic carbocycles. The van der Waals surface area contributed by atoms with Crippen molar-refractivity contribution >= 4 is 34.9 Å². The van der Waals surface area contributed by atoms with Gasteiger partial charge in [-0.25, -0.2) is 13.8 Å². The summed E-state index contributed by atoms with van der Waals surface area (Å²) in [6, 6.07) is 6.60. The minimum atomic E-state index is -1.14. The third-order valence-electron chi connectivity index (χ3n) is 3.72. The lowest BCUT2D eigenvalue weighted by Gasteiger charge is -2.10. The third-order valence-corrected chi connectivity index (χ3v) is 4.01. The van der Waals surface area contributed by atoms with Crippen LogP contribution in [0.25, 0.3) is 0 Å². The molecule has 1 aliphatic rings. The molecule has 0 aliphatic heterocycles. The number of hydrogen-bond donors (Lipinski definition) is 2. The Morgan fingerprint density at radius 3 is 2.65 bits per heavy atom. The van der Waals surface area contributed by atoms with E-state index in [0.29, 0.717) is 0 Å². The Bertz CT molecular complexity index is 922. The van der Waals surface area contributed by atoms with Crippen molar-refractivity contribution in [2.45, 2.75) is 12.6 Å². The number of benzene rings is 1. The van der Waals surface area contributed by atoms with Gasteiger partial charge in [-0.05, 0) is 24.6 Å². The number of anilines is 2. The highest BCUT2D eigenvalue weighted by molar-refractivity contribution is 6.34. The summed E-state index contributed by atoms with van der Waals surface area (Å²) in [6.45, 7) is 0. The van der Waals surface area contributed by atoms with Gasteiger partial charge in [-0.15, -0.1) is 0 Å². The molecular weight excluding hydrogens is 366 g/mol. The fraction of sp³-hybridized carbons (Fsp3) is 0.176. The van der Waals surface area contributed by atoms with Crippen LogP contribution in [0.3, 0.4) is 0 Å². The van der Waals surface area contributed by atoms with Gasteiger partial charge in [0.05, 0.1) is 28.1 Å². The number of nitriles is 1. The van der Waals surface area contributed by atoms with Gasteiger partial charge in [-0.1, -0.05) is 11.6 Å².